The van der Waals surface area contributed by atoms with Crippen molar-refractivity contribution >= 4 is 17.7 Å². The van der Waals surface area contributed by atoms with Gasteiger partial charge in [-0.05, 0) is 86.8 Å². The van der Waals surface area contributed by atoms with Crippen LogP contribution >= 0.6 is 11.6 Å². The Bertz CT molecular complexity index is 1180. The number of hydrogen-bond donors (Lipinski definition) is 0. The summed E-state index contributed by atoms with van der Waals surface area (Å²) >= 11 is 6.27. The van der Waals surface area contributed by atoms with E-state index in [4.69, 9.17) is 16.3 Å². The zero-order valence-electron chi connectivity index (χ0n) is 20.6. The number of carbonyl (C=O) groups is 1. The SMILES string of the molecule is Cc1cc([C@@H]2CC[C@H](N(C)C(=O)Oc3cccc([C@H](C)N(C)C)c3)c3ccccc32)ccc1Cl. The highest BCUT2D eigenvalue weighted by molar-refractivity contribution is 6.31. The molecule has 4 nitrogen and oxygen atoms in total. The molecule has 3 aromatic rings. The quantitative estimate of drug-likeness (QED) is 0.385. The molecular weight excluding hydrogens is 444 g/mol. The molecule has 0 saturated heterocycles. The maximum Gasteiger partial charge on any atom is 0.415 e. The first-order valence-electron chi connectivity index (χ1n) is 11.8. The van der Waals surface area contributed by atoms with Gasteiger partial charge in [0, 0.05) is 24.0 Å². The Labute approximate surface area is 208 Å². The van der Waals surface area contributed by atoms with Crippen LogP contribution in [0.15, 0.2) is 66.7 Å². The maximum absolute atomic E-state index is 13.1. The van der Waals surface area contributed by atoms with E-state index in [1.807, 2.05) is 58.4 Å². The minimum Gasteiger partial charge on any atom is -0.410 e. The Morgan fingerprint density at radius 2 is 1.71 bits per heavy atom. The first-order valence-corrected chi connectivity index (χ1v) is 12.2. The molecule has 0 bridgehead atoms. The number of benzene rings is 3. The molecule has 178 valence electrons. The Morgan fingerprint density at radius 1 is 0.971 bits per heavy atom. The Balaban J connectivity index is 1.55. The van der Waals surface area contributed by atoms with E-state index >= 15 is 0 Å². The Kier molecular flexibility index (Phi) is 7.30. The van der Waals surface area contributed by atoms with Crippen molar-refractivity contribution in [2.24, 2.45) is 0 Å². The lowest BCUT2D eigenvalue weighted by atomic mass is 9.76. The van der Waals surface area contributed by atoms with E-state index in [1.165, 1.54) is 16.7 Å². The van der Waals surface area contributed by atoms with Crippen LogP contribution in [0.5, 0.6) is 5.75 Å². The molecule has 0 saturated carbocycles. The van der Waals surface area contributed by atoms with Gasteiger partial charge in [0.2, 0.25) is 0 Å². The zero-order chi connectivity index (χ0) is 24.4. The van der Waals surface area contributed by atoms with E-state index in [9.17, 15) is 4.79 Å². The first-order chi connectivity index (χ1) is 16.3. The normalized spacial score (nSPS) is 18.3. The van der Waals surface area contributed by atoms with Crippen LogP contribution in [-0.2, 0) is 0 Å². The van der Waals surface area contributed by atoms with Crippen LogP contribution in [0.4, 0.5) is 4.79 Å². The fraction of sp³-hybridized carbons (Fsp3) is 0.345. The molecule has 3 aromatic carbocycles. The topological polar surface area (TPSA) is 32.8 Å². The summed E-state index contributed by atoms with van der Waals surface area (Å²) in [6.45, 7) is 4.17. The van der Waals surface area contributed by atoms with E-state index in [-0.39, 0.29) is 24.1 Å². The van der Waals surface area contributed by atoms with Crippen molar-refractivity contribution in [2.45, 2.75) is 44.7 Å². The number of aryl methyl sites for hydroxylation is 1. The van der Waals surface area contributed by atoms with Gasteiger partial charge in [0.05, 0.1) is 6.04 Å². The van der Waals surface area contributed by atoms with Crippen molar-refractivity contribution in [2.75, 3.05) is 21.1 Å². The summed E-state index contributed by atoms with van der Waals surface area (Å²) in [5, 5.41) is 0.789. The van der Waals surface area contributed by atoms with E-state index in [2.05, 4.69) is 48.2 Å². The van der Waals surface area contributed by atoms with E-state index in [1.54, 1.807) is 4.90 Å². The molecule has 3 atom stereocenters. The number of ether oxygens (including phenoxy) is 1. The molecule has 0 unspecified atom stereocenters. The average molecular weight is 477 g/mol. The molecule has 0 aromatic heterocycles. The third-order valence-electron chi connectivity index (χ3n) is 7.12. The van der Waals surface area contributed by atoms with Gasteiger partial charge in [0.25, 0.3) is 0 Å². The van der Waals surface area contributed by atoms with Crippen LogP contribution in [0, 0.1) is 6.92 Å². The molecule has 0 radical (unpaired) electrons. The average Bonchev–Trinajstić information content (AvgIpc) is 2.84. The summed E-state index contributed by atoms with van der Waals surface area (Å²) in [6.07, 6.45) is 1.48. The molecule has 0 aliphatic heterocycles. The van der Waals surface area contributed by atoms with Crippen LogP contribution in [0.2, 0.25) is 5.02 Å². The molecule has 5 heteroatoms. The van der Waals surface area contributed by atoms with Gasteiger partial charge in [-0.15, -0.1) is 0 Å². The van der Waals surface area contributed by atoms with Crippen LogP contribution in [-0.4, -0.2) is 37.0 Å². The van der Waals surface area contributed by atoms with Crippen molar-refractivity contribution < 1.29 is 9.53 Å². The molecule has 0 N–H and O–H groups in total. The predicted molar refractivity (Wildman–Crippen MR) is 139 cm³/mol. The van der Waals surface area contributed by atoms with Gasteiger partial charge in [-0.25, -0.2) is 4.79 Å². The molecule has 0 heterocycles. The Hall–Kier alpha value is -2.82. The zero-order valence-corrected chi connectivity index (χ0v) is 21.3. The fourth-order valence-corrected chi connectivity index (χ4v) is 4.95. The number of rotatable bonds is 5. The minimum atomic E-state index is -0.338. The summed E-state index contributed by atoms with van der Waals surface area (Å²) < 4.78 is 5.81. The number of nitrogens with zero attached hydrogens (tertiary/aromatic N) is 2. The molecule has 0 fully saturated rings. The van der Waals surface area contributed by atoms with Gasteiger partial charge in [-0.2, -0.15) is 0 Å². The second-order valence-electron chi connectivity index (χ2n) is 9.47. The van der Waals surface area contributed by atoms with Gasteiger partial charge in [-0.3, -0.25) is 0 Å². The van der Waals surface area contributed by atoms with Crippen molar-refractivity contribution in [1.82, 2.24) is 9.80 Å². The molecular formula is C29H33ClN2O2. The standard InChI is InChI=1S/C29H33ClN2O2/c1-19-17-22(13-15-27(19)30)24-14-16-28(26-12-7-6-11-25(24)26)32(5)29(33)34-23-10-8-9-21(18-23)20(2)31(3)4/h6-13,15,17-18,20,24,28H,14,16H2,1-5H3/t20-,24-,28-/m0/s1. The number of fused-ring (bicyclic) bond motifs is 1. The van der Waals surface area contributed by atoms with Crippen molar-refractivity contribution in [3.63, 3.8) is 0 Å². The number of amides is 1. The van der Waals surface area contributed by atoms with Gasteiger partial charge < -0.3 is 14.5 Å². The molecule has 1 aliphatic rings. The van der Waals surface area contributed by atoms with E-state index < -0.39 is 0 Å². The van der Waals surface area contributed by atoms with Gasteiger partial charge in [0.15, 0.2) is 0 Å². The number of carbonyl (C=O) groups excluding carboxylic acids is 1. The summed E-state index contributed by atoms with van der Waals surface area (Å²) in [5.41, 5.74) is 5.92. The molecule has 1 aliphatic carbocycles. The second kappa shape index (κ2) is 10.2. The lowest BCUT2D eigenvalue weighted by Crippen LogP contribution is -2.36. The van der Waals surface area contributed by atoms with Crippen molar-refractivity contribution in [1.29, 1.82) is 0 Å². The molecule has 1 amide bonds. The lowest BCUT2D eigenvalue weighted by Gasteiger charge is -2.36. The monoisotopic (exact) mass is 476 g/mol. The largest absolute Gasteiger partial charge is 0.415 e. The minimum absolute atomic E-state index is 0.0303. The Morgan fingerprint density at radius 3 is 2.41 bits per heavy atom. The second-order valence-corrected chi connectivity index (χ2v) is 9.88. The third kappa shape index (κ3) is 4.98. The van der Waals surface area contributed by atoms with Crippen LogP contribution in [0.1, 0.15) is 65.6 Å². The smallest absolute Gasteiger partial charge is 0.410 e. The van der Waals surface area contributed by atoms with Crippen molar-refractivity contribution in [3.05, 3.63) is 99.6 Å². The van der Waals surface area contributed by atoms with Gasteiger partial charge in [-0.1, -0.05) is 60.1 Å². The van der Waals surface area contributed by atoms with Crippen LogP contribution in [0.3, 0.4) is 0 Å². The van der Waals surface area contributed by atoms with E-state index in [0.717, 1.165) is 29.0 Å². The molecule has 34 heavy (non-hydrogen) atoms. The number of halogens is 1. The summed E-state index contributed by atoms with van der Waals surface area (Å²) in [5.74, 6) is 0.860. The lowest BCUT2D eigenvalue weighted by molar-refractivity contribution is 0.139. The van der Waals surface area contributed by atoms with E-state index in [0.29, 0.717) is 5.75 Å². The van der Waals surface area contributed by atoms with Crippen molar-refractivity contribution in [3.8, 4) is 5.75 Å². The highest BCUT2D eigenvalue weighted by atomic mass is 35.5. The number of hydrogen-bond acceptors (Lipinski definition) is 3. The summed E-state index contributed by atoms with van der Waals surface area (Å²) in [6, 6.07) is 22.7. The third-order valence-corrected chi connectivity index (χ3v) is 7.54. The fourth-order valence-electron chi connectivity index (χ4n) is 4.84. The molecule has 4 rings (SSSR count). The van der Waals surface area contributed by atoms with Gasteiger partial charge in [0.1, 0.15) is 5.75 Å². The highest BCUT2D eigenvalue weighted by Gasteiger charge is 2.33. The molecule has 0 spiro atoms. The summed E-state index contributed by atoms with van der Waals surface area (Å²) in [4.78, 5) is 17.0. The predicted octanol–water partition coefficient (Wildman–Crippen LogP) is 7.37. The first kappa shape index (κ1) is 24.3. The summed E-state index contributed by atoms with van der Waals surface area (Å²) in [7, 11) is 5.91. The van der Waals surface area contributed by atoms with Gasteiger partial charge >= 0.3 is 6.09 Å². The highest BCUT2D eigenvalue weighted by Crippen LogP contribution is 2.44. The van der Waals surface area contributed by atoms with Crippen LogP contribution < -0.4 is 4.74 Å². The maximum atomic E-state index is 13.1. The van der Waals surface area contributed by atoms with Crippen LogP contribution in [0.25, 0.3) is 0 Å².